The number of nitrogens with one attached hydrogen (secondary N) is 1. The third kappa shape index (κ3) is 3.35. The Morgan fingerprint density at radius 2 is 1.95 bits per heavy atom. The zero-order chi connectivity index (χ0) is 13.8. The molecule has 2 aliphatic rings. The highest BCUT2D eigenvalue weighted by Crippen LogP contribution is 2.27. The van der Waals surface area contributed by atoms with E-state index in [1.807, 2.05) is 0 Å². The fraction of sp³-hybridized carbons (Fsp3) is 0.667. The second-order valence-electron chi connectivity index (χ2n) is 6.63. The van der Waals surface area contributed by atoms with Crippen LogP contribution < -0.4 is 10.2 Å². The van der Waals surface area contributed by atoms with Gasteiger partial charge in [0.2, 0.25) is 0 Å². The molecule has 0 saturated heterocycles. The minimum absolute atomic E-state index is 0.789. The van der Waals surface area contributed by atoms with E-state index < -0.39 is 0 Å². The minimum Gasteiger partial charge on any atom is -0.371 e. The summed E-state index contributed by atoms with van der Waals surface area (Å²) in [4.78, 5) is 2.56. The van der Waals surface area contributed by atoms with Crippen LogP contribution in [0.15, 0.2) is 24.3 Å². The van der Waals surface area contributed by atoms with Gasteiger partial charge in [0.15, 0.2) is 0 Å². The van der Waals surface area contributed by atoms with Crippen molar-refractivity contribution in [2.75, 3.05) is 24.5 Å². The number of hydrogen-bond acceptors (Lipinski definition) is 2. The smallest absolute Gasteiger partial charge is 0.0399 e. The van der Waals surface area contributed by atoms with E-state index in [2.05, 4.69) is 41.4 Å². The van der Waals surface area contributed by atoms with Gasteiger partial charge in [-0.25, -0.2) is 0 Å². The van der Waals surface area contributed by atoms with Crippen molar-refractivity contribution >= 4 is 5.69 Å². The number of fused-ring (bicyclic) bond motifs is 1. The Labute approximate surface area is 123 Å². The summed E-state index contributed by atoms with van der Waals surface area (Å²) in [6.45, 7) is 5.98. The largest absolute Gasteiger partial charge is 0.371 e. The summed E-state index contributed by atoms with van der Waals surface area (Å²) in [7, 11) is 0. The molecule has 0 amide bonds. The topological polar surface area (TPSA) is 15.3 Å². The van der Waals surface area contributed by atoms with Gasteiger partial charge in [0.25, 0.3) is 0 Å². The maximum Gasteiger partial charge on any atom is 0.0399 e. The van der Waals surface area contributed by atoms with Crippen LogP contribution in [-0.4, -0.2) is 25.7 Å². The average molecular weight is 272 g/mol. The predicted octanol–water partition coefficient (Wildman–Crippen LogP) is 3.61. The summed E-state index contributed by atoms with van der Waals surface area (Å²) >= 11 is 0. The Morgan fingerprint density at radius 1 is 1.15 bits per heavy atom. The Bertz CT molecular complexity index is 421. The first-order chi connectivity index (χ1) is 9.83. The molecule has 1 aromatic rings. The number of hydrogen-bond donors (Lipinski definition) is 1. The normalized spacial score (nSPS) is 25.8. The van der Waals surface area contributed by atoms with Crippen molar-refractivity contribution < 1.29 is 0 Å². The minimum atomic E-state index is 0.789. The zero-order valence-corrected chi connectivity index (χ0v) is 12.8. The first-order valence-electron chi connectivity index (χ1n) is 8.39. The van der Waals surface area contributed by atoms with E-state index in [1.54, 1.807) is 0 Å². The lowest BCUT2D eigenvalue weighted by molar-refractivity contribution is 0.307. The lowest BCUT2D eigenvalue weighted by Crippen LogP contribution is -2.35. The highest BCUT2D eigenvalue weighted by Gasteiger charge is 2.19. The molecular weight excluding hydrogens is 244 g/mol. The van der Waals surface area contributed by atoms with E-state index in [4.69, 9.17) is 0 Å². The molecule has 3 rings (SSSR count). The van der Waals surface area contributed by atoms with E-state index >= 15 is 0 Å². The summed E-state index contributed by atoms with van der Waals surface area (Å²) in [6, 6.07) is 9.67. The van der Waals surface area contributed by atoms with Crippen LogP contribution in [0, 0.1) is 5.92 Å². The van der Waals surface area contributed by atoms with E-state index in [-0.39, 0.29) is 0 Å². The number of nitrogens with zero attached hydrogens (tertiary/aromatic N) is 1. The third-order valence-electron chi connectivity index (χ3n) is 5.04. The van der Waals surface area contributed by atoms with Crippen molar-refractivity contribution in [3.8, 4) is 0 Å². The molecule has 2 nitrogen and oxygen atoms in total. The molecule has 0 spiro atoms. The molecule has 0 bridgehead atoms. The summed E-state index contributed by atoms with van der Waals surface area (Å²) in [5.41, 5.74) is 3.00. The van der Waals surface area contributed by atoms with E-state index in [0.717, 1.165) is 12.0 Å². The SMILES string of the molecule is CC1CCC(NCCCN2CCc3ccccc32)CC1. The number of rotatable bonds is 5. The summed E-state index contributed by atoms with van der Waals surface area (Å²) in [5.74, 6) is 0.953. The first-order valence-corrected chi connectivity index (χ1v) is 8.39. The Hall–Kier alpha value is -1.02. The van der Waals surface area contributed by atoms with Gasteiger partial charge in [0.05, 0.1) is 0 Å². The standard InChI is InChI=1S/C18H28N2/c1-15-7-9-17(10-8-15)19-12-4-13-20-14-11-16-5-2-3-6-18(16)20/h2-3,5-6,15,17,19H,4,7-14H2,1H3. The molecule has 1 N–H and O–H groups in total. The van der Waals surface area contributed by atoms with Crippen molar-refractivity contribution in [2.24, 2.45) is 5.92 Å². The maximum atomic E-state index is 3.76. The van der Waals surface area contributed by atoms with Gasteiger partial charge < -0.3 is 10.2 Å². The van der Waals surface area contributed by atoms with E-state index in [9.17, 15) is 0 Å². The molecule has 20 heavy (non-hydrogen) atoms. The fourth-order valence-corrected chi connectivity index (χ4v) is 3.68. The van der Waals surface area contributed by atoms with Crippen LogP contribution in [0.2, 0.25) is 0 Å². The number of para-hydroxylation sites is 1. The Morgan fingerprint density at radius 3 is 2.80 bits per heavy atom. The zero-order valence-electron chi connectivity index (χ0n) is 12.8. The molecule has 0 atom stereocenters. The Balaban J connectivity index is 1.37. The van der Waals surface area contributed by atoms with Crippen LogP contribution >= 0.6 is 0 Å². The van der Waals surface area contributed by atoms with Crippen LogP contribution in [0.3, 0.4) is 0 Å². The maximum absolute atomic E-state index is 3.76. The number of benzene rings is 1. The van der Waals surface area contributed by atoms with E-state index in [0.29, 0.717) is 0 Å². The summed E-state index contributed by atoms with van der Waals surface area (Å²) in [5, 5.41) is 3.76. The lowest BCUT2D eigenvalue weighted by Gasteiger charge is -2.27. The van der Waals surface area contributed by atoms with Crippen molar-refractivity contribution in [3.63, 3.8) is 0 Å². The second-order valence-corrected chi connectivity index (χ2v) is 6.63. The van der Waals surface area contributed by atoms with Gasteiger partial charge in [0.1, 0.15) is 0 Å². The van der Waals surface area contributed by atoms with E-state index in [1.165, 1.54) is 69.4 Å². The molecule has 1 aliphatic heterocycles. The highest BCUT2D eigenvalue weighted by atomic mass is 15.1. The van der Waals surface area contributed by atoms with Crippen molar-refractivity contribution in [1.29, 1.82) is 0 Å². The molecule has 0 unspecified atom stereocenters. The summed E-state index contributed by atoms with van der Waals surface area (Å²) in [6.07, 6.45) is 8.08. The molecule has 1 aliphatic carbocycles. The number of anilines is 1. The molecule has 1 aromatic carbocycles. The first kappa shape index (κ1) is 13.9. The fourth-order valence-electron chi connectivity index (χ4n) is 3.68. The van der Waals surface area contributed by atoms with Gasteiger partial charge in [-0.15, -0.1) is 0 Å². The quantitative estimate of drug-likeness (QED) is 0.824. The van der Waals surface area contributed by atoms with Crippen LogP contribution in [0.25, 0.3) is 0 Å². The molecular formula is C18H28N2. The van der Waals surface area contributed by atoms with Crippen LogP contribution in [-0.2, 0) is 6.42 Å². The van der Waals surface area contributed by atoms with Gasteiger partial charge in [0, 0.05) is 24.8 Å². The molecule has 1 saturated carbocycles. The molecule has 0 aromatic heterocycles. The van der Waals surface area contributed by atoms with Gasteiger partial charge in [-0.05, 0) is 62.6 Å². The van der Waals surface area contributed by atoms with Gasteiger partial charge in [-0.1, -0.05) is 25.1 Å². The molecule has 0 radical (unpaired) electrons. The lowest BCUT2D eigenvalue weighted by atomic mass is 9.87. The predicted molar refractivity (Wildman–Crippen MR) is 86.4 cm³/mol. The highest BCUT2D eigenvalue weighted by molar-refractivity contribution is 5.57. The van der Waals surface area contributed by atoms with Gasteiger partial charge in [-0.2, -0.15) is 0 Å². The Kier molecular flexibility index (Phi) is 4.62. The monoisotopic (exact) mass is 272 g/mol. The molecule has 2 heteroatoms. The second kappa shape index (κ2) is 6.62. The van der Waals surface area contributed by atoms with Gasteiger partial charge >= 0.3 is 0 Å². The molecule has 1 fully saturated rings. The van der Waals surface area contributed by atoms with Gasteiger partial charge in [-0.3, -0.25) is 0 Å². The van der Waals surface area contributed by atoms with Crippen LogP contribution in [0.4, 0.5) is 5.69 Å². The summed E-state index contributed by atoms with van der Waals surface area (Å²) < 4.78 is 0. The van der Waals surface area contributed by atoms with Crippen molar-refractivity contribution in [2.45, 2.75) is 51.5 Å². The van der Waals surface area contributed by atoms with Crippen molar-refractivity contribution in [3.05, 3.63) is 29.8 Å². The van der Waals surface area contributed by atoms with Crippen molar-refractivity contribution in [1.82, 2.24) is 5.32 Å². The van der Waals surface area contributed by atoms with Crippen LogP contribution in [0.1, 0.15) is 44.6 Å². The van der Waals surface area contributed by atoms with Crippen LogP contribution in [0.5, 0.6) is 0 Å². The molecule has 110 valence electrons. The molecule has 1 heterocycles. The third-order valence-corrected chi connectivity index (χ3v) is 5.04. The average Bonchev–Trinajstić information content (AvgIpc) is 2.89.